The summed E-state index contributed by atoms with van der Waals surface area (Å²) in [4.78, 5) is 31.4. The summed E-state index contributed by atoms with van der Waals surface area (Å²) in [5.41, 5.74) is 0.914. The quantitative estimate of drug-likeness (QED) is 0.453. The highest BCUT2D eigenvalue weighted by Crippen LogP contribution is 2.20. The van der Waals surface area contributed by atoms with Crippen LogP contribution in [0, 0.1) is 5.82 Å². The number of nitrogens with zero attached hydrogens (tertiary/aromatic N) is 3. The Morgan fingerprint density at radius 1 is 1.21 bits per heavy atom. The minimum atomic E-state index is -0.215. The number of benzene rings is 1. The predicted molar refractivity (Wildman–Crippen MR) is 107 cm³/mol. The third-order valence-corrected chi connectivity index (χ3v) is 5.24. The van der Waals surface area contributed by atoms with E-state index < -0.39 is 0 Å². The lowest BCUT2D eigenvalue weighted by Crippen LogP contribution is -2.50. The summed E-state index contributed by atoms with van der Waals surface area (Å²) in [7, 11) is 1.70. The molecule has 152 valence electrons. The molecule has 0 saturated carbocycles. The number of nitrogens with one attached hydrogen (secondary N) is 2. The molecule has 0 spiro atoms. The van der Waals surface area contributed by atoms with Gasteiger partial charge in [-0.3, -0.25) is 19.5 Å². The largest absolute Gasteiger partial charge is 0.371 e. The van der Waals surface area contributed by atoms with Gasteiger partial charge in [0.1, 0.15) is 5.82 Å². The highest BCUT2D eigenvalue weighted by atomic mass is 19.1. The van der Waals surface area contributed by atoms with Crippen LogP contribution >= 0.6 is 0 Å². The number of imide groups is 1. The standard InChI is InChI=1S/C20H28FN5O2/c1-22-20(23-10-13-26-18(27)6-3-7-19(26)28)24-16-8-11-25(12-9-16)17-5-2-4-15(21)14-17/h2,4-5,14,16H,3,6-13H2,1H3,(H2,22,23,24). The Labute approximate surface area is 165 Å². The molecular weight excluding hydrogens is 361 g/mol. The molecule has 0 aromatic heterocycles. The van der Waals surface area contributed by atoms with E-state index in [-0.39, 0.29) is 23.7 Å². The molecule has 2 aliphatic rings. The van der Waals surface area contributed by atoms with Gasteiger partial charge in [-0.05, 0) is 37.5 Å². The number of carbonyl (C=O) groups excluding carboxylic acids is 2. The summed E-state index contributed by atoms with van der Waals surface area (Å²) in [6.45, 7) is 2.51. The van der Waals surface area contributed by atoms with Crippen molar-refractivity contribution in [2.45, 2.75) is 38.1 Å². The topological polar surface area (TPSA) is 77.0 Å². The molecule has 0 unspecified atom stereocenters. The number of aliphatic imine (C=N–C) groups is 1. The molecule has 2 heterocycles. The van der Waals surface area contributed by atoms with Crippen molar-refractivity contribution >= 4 is 23.5 Å². The van der Waals surface area contributed by atoms with Crippen LogP contribution in [0.5, 0.6) is 0 Å². The number of anilines is 1. The fourth-order valence-electron chi connectivity index (χ4n) is 3.68. The normalized spacial score (nSPS) is 19.1. The molecule has 2 fully saturated rings. The van der Waals surface area contributed by atoms with Crippen molar-refractivity contribution in [2.24, 2.45) is 4.99 Å². The summed E-state index contributed by atoms with van der Waals surface area (Å²) >= 11 is 0. The third kappa shape index (κ3) is 5.21. The van der Waals surface area contributed by atoms with E-state index in [1.807, 2.05) is 6.07 Å². The van der Waals surface area contributed by atoms with E-state index in [2.05, 4.69) is 20.5 Å². The van der Waals surface area contributed by atoms with Crippen LogP contribution in [0.4, 0.5) is 10.1 Å². The van der Waals surface area contributed by atoms with E-state index in [4.69, 9.17) is 0 Å². The Morgan fingerprint density at radius 2 is 1.93 bits per heavy atom. The average Bonchev–Trinajstić information content (AvgIpc) is 2.70. The lowest BCUT2D eigenvalue weighted by atomic mass is 10.0. The van der Waals surface area contributed by atoms with Gasteiger partial charge in [0, 0.05) is 57.8 Å². The zero-order valence-electron chi connectivity index (χ0n) is 16.3. The smallest absolute Gasteiger partial charge is 0.229 e. The van der Waals surface area contributed by atoms with Crippen LogP contribution in [0.25, 0.3) is 0 Å². The van der Waals surface area contributed by atoms with Gasteiger partial charge in [0.2, 0.25) is 11.8 Å². The Morgan fingerprint density at radius 3 is 2.57 bits per heavy atom. The molecule has 0 bridgehead atoms. The molecule has 2 aliphatic heterocycles. The van der Waals surface area contributed by atoms with Crippen molar-refractivity contribution in [2.75, 3.05) is 38.1 Å². The summed E-state index contributed by atoms with van der Waals surface area (Å²) in [6.07, 6.45) is 3.38. The maximum absolute atomic E-state index is 13.4. The van der Waals surface area contributed by atoms with Gasteiger partial charge in [0.05, 0.1) is 0 Å². The summed E-state index contributed by atoms with van der Waals surface area (Å²) in [6, 6.07) is 6.96. The fraction of sp³-hybridized carbons (Fsp3) is 0.550. The predicted octanol–water partition coefficient (Wildman–Crippen LogP) is 1.50. The van der Waals surface area contributed by atoms with Crippen molar-refractivity contribution in [3.05, 3.63) is 30.1 Å². The average molecular weight is 389 g/mol. The van der Waals surface area contributed by atoms with Gasteiger partial charge in [-0.1, -0.05) is 6.07 Å². The number of rotatable bonds is 5. The van der Waals surface area contributed by atoms with Gasteiger partial charge in [0.25, 0.3) is 0 Å². The second-order valence-electron chi connectivity index (χ2n) is 7.18. The second kappa shape index (κ2) is 9.52. The first-order valence-electron chi connectivity index (χ1n) is 9.87. The number of piperidine rings is 2. The van der Waals surface area contributed by atoms with Crippen LogP contribution in [0.2, 0.25) is 0 Å². The summed E-state index contributed by atoms with van der Waals surface area (Å²) in [5, 5.41) is 6.58. The molecule has 1 aromatic carbocycles. The highest BCUT2D eigenvalue weighted by Gasteiger charge is 2.25. The van der Waals surface area contributed by atoms with Gasteiger partial charge in [-0.2, -0.15) is 0 Å². The number of guanidine groups is 1. The van der Waals surface area contributed by atoms with Gasteiger partial charge < -0.3 is 15.5 Å². The first kappa shape index (κ1) is 20.1. The van der Waals surface area contributed by atoms with E-state index in [0.717, 1.165) is 31.6 Å². The molecule has 1 aromatic rings. The van der Waals surface area contributed by atoms with Crippen molar-refractivity contribution in [3.63, 3.8) is 0 Å². The number of hydrogen-bond acceptors (Lipinski definition) is 4. The van der Waals surface area contributed by atoms with Gasteiger partial charge >= 0.3 is 0 Å². The Bertz CT molecular complexity index is 715. The SMILES string of the molecule is CN=C(NCCN1C(=O)CCCC1=O)NC1CCN(c2cccc(F)c2)CC1. The van der Waals surface area contributed by atoms with E-state index in [1.54, 1.807) is 19.2 Å². The molecule has 28 heavy (non-hydrogen) atoms. The molecule has 8 heteroatoms. The fourth-order valence-corrected chi connectivity index (χ4v) is 3.68. The molecule has 2 N–H and O–H groups in total. The molecule has 7 nitrogen and oxygen atoms in total. The molecule has 2 amide bonds. The molecule has 2 saturated heterocycles. The Kier molecular flexibility index (Phi) is 6.84. The van der Waals surface area contributed by atoms with Crippen LogP contribution < -0.4 is 15.5 Å². The summed E-state index contributed by atoms with van der Waals surface area (Å²) < 4.78 is 13.4. The molecular formula is C20H28FN5O2. The zero-order chi connectivity index (χ0) is 19.9. The van der Waals surface area contributed by atoms with Gasteiger partial charge in [-0.15, -0.1) is 0 Å². The van der Waals surface area contributed by atoms with E-state index in [9.17, 15) is 14.0 Å². The number of halogens is 1. The molecule has 0 atom stereocenters. The van der Waals surface area contributed by atoms with Crippen LogP contribution in [0.1, 0.15) is 32.1 Å². The Hall–Kier alpha value is -2.64. The number of hydrogen-bond donors (Lipinski definition) is 2. The van der Waals surface area contributed by atoms with Crippen LogP contribution in [0.15, 0.2) is 29.3 Å². The molecule has 0 radical (unpaired) electrons. The lowest BCUT2D eigenvalue weighted by Gasteiger charge is -2.34. The van der Waals surface area contributed by atoms with Gasteiger partial charge in [0.15, 0.2) is 5.96 Å². The van der Waals surface area contributed by atoms with Crippen molar-refractivity contribution in [3.8, 4) is 0 Å². The maximum atomic E-state index is 13.4. The Balaban J connectivity index is 1.42. The van der Waals surface area contributed by atoms with E-state index >= 15 is 0 Å². The molecule has 0 aliphatic carbocycles. The highest BCUT2D eigenvalue weighted by molar-refractivity contribution is 5.97. The minimum Gasteiger partial charge on any atom is -0.371 e. The van der Waals surface area contributed by atoms with Crippen molar-refractivity contribution in [1.82, 2.24) is 15.5 Å². The third-order valence-electron chi connectivity index (χ3n) is 5.24. The number of carbonyl (C=O) groups is 2. The first-order valence-corrected chi connectivity index (χ1v) is 9.87. The number of amides is 2. The van der Waals surface area contributed by atoms with Crippen molar-refractivity contribution in [1.29, 1.82) is 0 Å². The van der Waals surface area contributed by atoms with E-state index in [1.165, 1.54) is 11.0 Å². The first-order chi connectivity index (χ1) is 13.6. The monoisotopic (exact) mass is 389 g/mol. The van der Waals surface area contributed by atoms with Crippen LogP contribution in [-0.2, 0) is 9.59 Å². The van der Waals surface area contributed by atoms with Crippen LogP contribution in [0.3, 0.4) is 0 Å². The summed E-state index contributed by atoms with van der Waals surface area (Å²) in [5.74, 6) is 0.269. The molecule has 3 rings (SSSR count). The van der Waals surface area contributed by atoms with Gasteiger partial charge in [-0.25, -0.2) is 4.39 Å². The van der Waals surface area contributed by atoms with E-state index in [0.29, 0.717) is 38.3 Å². The van der Waals surface area contributed by atoms with Crippen LogP contribution in [-0.4, -0.2) is 61.9 Å². The van der Waals surface area contributed by atoms with Crippen molar-refractivity contribution < 1.29 is 14.0 Å². The second-order valence-corrected chi connectivity index (χ2v) is 7.18. The maximum Gasteiger partial charge on any atom is 0.229 e. The minimum absolute atomic E-state index is 0.0919. The lowest BCUT2D eigenvalue weighted by molar-refractivity contribution is -0.147. The zero-order valence-corrected chi connectivity index (χ0v) is 16.3. The number of likely N-dealkylation sites (tertiary alicyclic amines) is 1.